The van der Waals surface area contributed by atoms with Gasteiger partial charge in [-0.25, -0.2) is 5.43 Å². The van der Waals surface area contributed by atoms with Crippen molar-refractivity contribution in [1.82, 2.24) is 5.43 Å². The highest BCUT2D eigenvalue weighted by atomic mass is 79.9. The topological polar surface area (TPSA) is 74.8 Å². The maximum atomic E-state index is 11.7. The largest absolute Gasteiger partial charge is 0.507 e. The van der Waals surface area contributed by atoms with Gasteiger partial charge in [0.15, 0.2) is 10.4 Å². The summed E-state index contributed by atoms with van der Waals surface area (Å²) in [5.74, 6) is -0.210. The molecule has 2 rings (SSSR count). The van der Waals surface area contributed by atoms with Crippen LogP contribution in [0.25, 0.3) is 0 Å². The van der Waals surface area contributed by atoms with E-state index in [1.54, 1.807) is 30.3 Å². The lowest BCUT2D eigenvalue weighted by molar-refractivity contribution is 0.0926. The van der Waals surface area contributed by atoms with Crippen molar-refractivity contribution in [1.29, 1.82) is 0 Å². The SMILES string of the molecule is C=CCc1cccc(/C=N\NC(=O)c2ccc(Br)o2)c1O. The lowest BCUT2D eigenvalue weighted by atomic mass is 10.1. The Morgan fingerprint density at radius 3 is 2.90 bits per heavy atom. The average molecular weight is 349 g/mol. The number of nitrogens with one attached hydrogen (secondary N) is 1. The lowest BCUT2D eigenvalue weighted by Crippen LogP contribution is -2.16. The van der Waals surface area contributed by atoms with Crippen molar-refractivity contribution in [2.45, 2.75) is 6.42 Å². The number of hydrogen-bond donors (Lipinski definition) is 2. The zero-order chi connectivity index (χ0) is 15.2. The molecule has 1 amide bonds. The van der Waals surface area contributed by atoms with E-state index in [0.717, 1.165) is 5.56 Å². The van der Waals surface area contributed by atoms with Gasteiger partial charge >= 0.3 is 5.91 Å². The third-order valence-corrected chi connectivity index (χ3v) is 3.11. The molecule has 5 nitrogen and oxygen atoms in total. The van der Waals surface area contributed by atoms with Crippen LogP contribution in [0.2, 0.25) is 0 Å². The van der Waals surface area contributed by atoms with E-state index in [0.29, 0.717) is 16.7 Å². The van der Waals surface area contributed by atoms with E-state index in [1.807, 2.05) is 0 Å². The zero-order valence-electron chi connectivity index (χ0n) is 11.0. The van der Waals surface area contributed by atoms with E-state index in [-0.39, 0.29) is 11.5 Å². The predicted molar refractivity (Wildman–Crippen MR) is 83.5 cm³/mol. The molecular weight excluding hydrogens is 336 g/mol. The van der Waals surface area contributed by atoms with Gasteiger partial charge in [0.1, 0.15) is 5.75 Å². The first kappa shape index (κ1) is 15.1. The molecule has 1 aromatic heterocycles. The number of halogens is 1. The highest BCUT2D eigenvalue weighted by molar-refractivity contribution is 9.10. The molecule has 1 aromatic carbocycles. The highest BCUT2D eigenvalue weighted by Crippen LogP contribution is 2.21. The van der Waals surface area contributed by atoms with Crippen LogP contribution in [0.4, 0.5) is 0 Å². The van der Waals surface area contributed by atoms with Gasteiger partial charge in [-0.05, 0) is 46.1 Å². The number of hydrazone groups is 1. The summed E-state index contributed by atoms with van der Waals surface area (Å²) in [5, 5.41) is 13.8. The summed E-state index contributed by atoms with van der Waals surface area (Å²) in [5.41, 5.74) is 3.58. The molecule has 0 saturated heterocycles. The maximum absolute atomic E-state index is 11.7. The van der Waals surface area contributed by atoms with Crippen molar-refractivity contribution in [3.8, 4) is 5.75 Å². The first-order valence-electron chi connectivity index (χ1n) is 6.12. The summed E-state index contributed by atoms with van der Waals surface area (Å²) in [6, 6.07) is 8.43. The van der Waals surface area contributed by atoms with Crippen molar-refractivity contribution in [3.05, 3.63) is 64.5 Å². The molecule has 1 heterocycles. The Labute approximate surface area is 130 Å². The van der Waals surface area contributed by atoms with Crippen LogP contribution >= 0.6 is 15.9 Å². The molecule has 0 saturated carbocycles. The van der Waals surface area contributed by atoms with Gasteiger partial charge < -0.3 is 9.52 Å². The quantitative estimate of drug-likeness (QED) is 0.494. The Kier molecular flexibility index (Phi) is 4.94. The molecule has 2 N–H and O–H groups in total. The minimum Gasteiger partial charge on any atom is -0.507 e. The number of carbonyl (C=O) groups excluding carboxylic acids is 1. The number of phenolic OH excluding ortho intramolecular Hbond substituents is 1. The number of benzene rings is 1. The van der Waals surface area contributed by atoms with E-state index < -0.39 is 5.91 Å². The zero-order valence-corrected chi connectivity index (χ0v) is 12.6. The van der Waals surface area contributed by atoms with Gasteiger partial charge in [0.05, 0.1) is 6.21 Å². The number of amides is 1. The Morgan fingerprint density at radius 1 is 1.43 bits per heavy atom. The Bertz CT molecular complexity index is 692. The second-order valence-corrected chi connectivity index (χ2v) is 4.93. The summed E-state index contributed by atoms with van der Waals surface area (Å²) in [6.07, 6.45) is 3.63. The molecule has 0 unspecified atom stereocenters. The minimum absolute atomic E-state index is 0.121. The number of rotatable bonds is 5. The summed E-state index contributed by atoms with van der Waals surface area (Å²) < 4.78 is 5.56. The summed E-state index contributed by atoms with van der Waals surface area (Å²) in [7, 11) is 0. The van der Waals surface area contributed by atoms with E-state index in [9.17, 15) is 9.90 Å². The molecule has 0 aliphatic rings. The molecule has 108 valence electrons. The Morgan fingerprint density at radius 2 is 2.24 bits per heavy atom. The van der Waals surface area contributed by atoms with Gasteiger partial charge in [0, 0.05) is 5.56 Å². The molecule has 0 spiro atoms. The van der Waals surface area contributed by atoms with E-state index in [1.165, 1.54) is 12.3 Å². The number of para-hydroxylation sites is 1. The smallest absolute Gasteiger partial charge is 0.307 e. The van der Waals surface area contributed by atoms with Crippen LogP contribution in [0.15, 0.2) is 57.2 Å². The molecule has 2 aromatic rings. The van der Waals surface area contributed by atoms with Crippen LogP contribution in [0.1, 0.15) is 21.7 Å². The second-order valence-electron chi connectivity index (χ2n) is 4.15. The Hall–Kier alpha value is -2.34. The first-order valence-corrected chi connectivity index (χ1v) is 6.91. The fourth-order valence-corrected chi connectivity index (χ4v) is 1.99. The van der Waals surface area contributed by atoms with Crippen LogP contribution < -0.4 is 5.43 Å². The van der Waals surface area contributed by atoms with Crippen LogP contribution in [0.3, 0.4) is 0 Å². The van der Waals surface area contributed by atoms with Crippen LogP contribution in [0.5, 0.6) is 5.75 Å². The number of aromatic hydroxyl groups is 1. The third-order valence-electron chi connectivity index (χ3n) is 2.68. The van der Waals surface area contributed by atoms with Gasteiger partial charge in [-0.1, -0.05) is 18.2 Å². The fraction of sp³-hybridized carbons (Fsp3) is 0.0667. The molecule has 0 aliphatic carbocycles. The van der Waals surface area contributed by atoms with Crippen molar-refractivity contribution in [2.75, 3.05) is 0 Å². The van der Waals surface area contributed by atoms with Crippen molar-refractivity contribution >= 4 is 28.1 Å². The maximum Gasteiger partial charge on any atom is 0.307 e. The van der Waals surface area contributed by atoms with Gasteiger partial charge in [0.25, 0.3) is 0 Å². The molecule has 0 fully saturated rings. The van der Waals surface area contributed by atoms with E-state index in [2.05, 4.69) is 33.0 Å². The van der Waals surface area contributed by atoms with E-state index in [4.69, 9.17) is 4.42 Å². The minimum atomic E-state index is -0.473. The molecule has 0 atom stereocenters. The first-order chi connectivity index (χ1) is 10.1. The standard InChI is InChI=1S/C15H13BrN2O3/c1-2-4-10-5-3-6-11(14(10)19)9-17-18-15(20)12-7-8-13(16)21-12/h2-3,5-9,19H,1,4H2,(H,18,20)/b17-9-. The molecule has 6 heteroatoms. The highest BCUT2D eigenvalue weighted by Gasteiger charge is 2.09. The molecule has 0 aliphatic heterocycles. The lowest BCUT2D eigenvalue weighted by Gasteiger charge is -2.04. The summed E-state index contributed by atoms with van der Waals surface area (Å²) >= 11 is 3.11. The monoisotopic (exact) mass is 348 g/mol. The van der Waals surface area contributed by atoms with Crippen LogP contribution in [0, 0.1) is 0 Å². The Balaban J connectivity index is 2.06. The number of carbonyl (C=O) groups is 1. The summed E-state index contributed by atoms with van der Waals surface area (Å²) in [6.45, 7) is 3.63. The summed E-state index contributed by atoms with van der Waals surface area (Å²) in [4.78, 5) is 11.7. The second kappa shape index (κ2) is 6.90. The van der Waals surface area contributed by atoms with Gasteiger partial charge in [0.2, 0.25) is 0 Å². The number of phenols is 1. The van der Waals surface area contributed by atoms with Crippen LogP contribution in [-0.4, -0.2) is 17.2 Å². The predicted octanol–water partition coefficient (Wildman–Crippen LogP) is 3.24. The van der Waals surface area contributed by atoms with Gasteiger partial charge in [-0.2, -0.15) is 5.10 Å². The number of furan rings is 1. The number of nitrogens with zero attached hydrogens (tertiary/aromatic N) is 1. The van der Waals surface area contributed by atoms with Crippen molar-refractivity contribution in [2.24, 2.45) is 5.10 Å². The van der Waals surface area contributed by atoms with E-state index >= 15 is 0 Å². The number of allylic oxidation sites excluding steroid dienone is 1. The van der Waals surface area contributed by atoms with Gasteiger partial charge in [-0.15, -0.1) is 6.58 Å². The normalized spacial score (nSPS) is 10.7. The molecule has 0 radical (unpaired) electrons. The van der Waals surface area contributed by atoms with Gasteiger partial charge in [-0.3, -0.25) is 4.79 Å². The molecule has 0 bridgehead atoms. The van der Waals surface area contributed by atoms with Crippen molar-refractivity contribution in [3.63, 3.8) is 0 Å². The van der Waals surface area contributed by atoms with Crippen LogP contribution in [-0.2, 0) is 6.42 Å². The van der Waals surface area contributed by atoms with Crippen molar-refractivity contribution < 1.29 is 14.3 Å². The number of hydrogen-bond acceptors (Lipinski definition) is 4. The average Bonchev–Trinajstić information content (AvgIpc) is 2.89. The third kappa shape index (κ3) is 3.82. The molecular formula is C15H13BrN2O3. The fourth-order valence-electron chi connectivity index (χ4n) is 1.69. The molecule has 21 heavy (non-hydrogen) atoms.